The predicted octanol–water partition coefficient (Wildman–Crippen LogP) is 0.246. The molecule has 0 aliphatic carbocycles. The number of carbonyl (C=O) groups is 1. The van der Waals surface area contributed by atoms with Crippen LogP contribution in [0.25, 0.3) is 0 Å². The monoisotopic (exact) mass is 152 g/mol. The van der Waals surface area contributed by atoms with Gasteiger partial charge in [-0.05, 0) is 19.1 Å². The van der Waals surface area contributed by atoms with Crippen molar-refractivity contribution >= 4 is 5.91 Å². The number of amides is 1. The summed E-state index contributed by atoms with van der Waals surface area (Å²) >= 11 is 0. The zero-order chi connectivity index (χ0) is 8.48. The number of allylic oxidation sites excluding steroid dienone is 2. The molecule has 1 aliphatic heterocycles. The molecule has 1 amide bonds. The summed E-state index contributed by atoms with van der Waals surface area (Å²) in [6.45, 7) is 1.79. The largest absolute Gasteiger partial charge is 0.367 e. The van der Waals surface area contributed by atoms with Gasteiger partial charge in [-0.3, -0.25) is 4.79 Å². The molecule has 0 fully saturated rings. The summed E-state index contributed by atoms with van der Waals surface area (Å²) < 4.78 is 0. The van der Waals surface area contributed by atoms with Crippen LogP contribution < -0.4 is 5.73 Å². The SMILES string of the molecule is CN1C=CC=CC1(C)C(N)=O. The van der Waals surface area contributed by atoms with Crippen LogP contribution in [0, 0.1) is 0 Å². The highest BCUT2D eigenvalue weighted by molar-refractivity contribution is 5.87. The van der Waals surface area contributed by atoms with Crippen LogP contribution in [0.3, 0.4) is 0 Å². The summed E-state index contributed by atoms with van der Waals surface area (Å²) in [6.07, 6.45) is 7.30. The molecule has 0 aromatic heterocycles. The first-order valence-corrected chi connectivity index (χ1v) is 3.46. The van der Waals surface area contributed by atoms with Crippen molar-refractivity contribution in [2.75, 3.05) is 7.05 Å². The Labute approximate surface area is 66.2 Å². The Balaban J connectivity index is 2.94. The maximum atomic E-state index is 11.0. The van der Waals surface area contributed by atoms with Gasteiger partial charge in [0.1, 0.15) is 5.54 Å². The van der Waals surface area contributed by atoms with Gasteiger partial charge in [0.2, 0.25) is 5.91 Å². The number of primary amides is 1. The van der Waals surface area contributed by atoms with Crippen molar-refractivity contribution in [3.8, 4) is 0 Å². The minimum Gasteiger partial charge on any atom is -0.367 e. The first kappa shape index (κ1) is 7.85. The van der Waals surface area contributed by atoms with Crippen LogP contribution >= 0.6 is 0 Å². The van der Waals surface area contributed by atoms with E-state index >= 15 is 0 Å². The van der Waals surface area contributed by atoms with Gasteiger partial charge in [0.05, 0.1) is 0 Å². The van der Waals surface area contributed by atoms with Crippen LogP contribution in [0.5, 0.6) is 0 Å². The van der Waals surface area contributed by atoms with E-state index in [1.165, 1.54) is 0 Å². The van der Waals surface area contributed by atoms with E-state index in [1.54, 1.807) is 17.9 Å². The topological polar surface area (TPSA) is 46.3 Å². The van der Waals surface area contributed by atoms with Crippen LogP contribution in [0.15, 0.2) is 24.4 Å². The first-order valence-electron chi connectivity index (χ1n) is 3.46. The number of rotatable bonds is 1. The standard InChI is InChI=1S/C8H12N2O/c1-8(7(9)11)5-3-4-6-10(8)2/h3-6H,1-2H3,(H2,9,11). The average Bonchev–Trinajstić information content (AvgIpc) is 1.95. The lowest BCUT2D eigenvalue weighted by molar-refractivity contribution is -0.124. The fraction of sp³-hybridized carbons (Fsp3) is 0.375. The Morgan fingerprint density at radius 2 is 2.18 bits per heavy atom. The van der Waals surface area contributed by atoms with Gasteiger partial charge in [-0.15, -0.1) is 0 Å². The van der Waals surface area contributed by atoms with E-state index in [0.717, 1.165) is 0 Å². The van der Waals surface area contributed by atoms with Gasteiger partial charge in [-0.25, -0.2) is 0 Å². The molecule has 1 heterocycles. The van der Waals surface area contributed by atoms with Crippen molar-refractivity contribution in [3.63, 3.8) is 0 Å². The molecule has 1 unspecified atom stereocenters. The van der Waals surface area contributed by atoms with Gasteiger partial charge >= 0.3 is 0 Å². The molecule has 3 heteroatoms. The molecule has 2 N–H and O–H groups in total. The quantitative estimate of drug-likeness (QED) is 0.585. The predicted molar refractivity (Wildman–Crippen MR) is 43.6 cm³/mol. The van der Waals surface area contributed by atoms with Crippen LogP contribution in [0.2, 0.25) is 0 Å². The van der Waals surface area contributed by atoms with Crippen molar-refractivity contribution < 1.29 is 4.79 Å². The molecule has 0 saturated heterocycles. The molecule has 0 aromatic rings. The van der Waals surface area contributed by atoms with Crippen molar-refractivity contribution in [1.82, 2.24) is 4.90 Å². The maximum absolute atomic E-state index is 11.0. The van der Waals surface area contributed by atoms with Crippen LogP contribution in [-0.4, -0.2) is 23.4 Å². The molecule has 1 aliphatic rings. The number of nitrogens with zero attached hydrogens (tertiary/aromatic N) is 1. The van der Waals surface area contributed by atoms with Crippen molar-refractivity contribution in [3.05, 3.63) is 24.4 Å². The molecule has 0 spiro atoms. The highest BCUT2D eigenvalue weighted by Crippen LogP contribution is 2.18. The second kappa shape index (κ2) is 2.42. The van der Waals surface area contributed by atoms with E-state index in [1.807, 2.05) is 25.4 Å². The lowest BCUT2D eigenvalue weighted by Gasteiger charge is -2.34. The Hall–Kier alpha value is -1.25. The molecule has 1 rings (SSSR count). The van der Waals surface area contributed by atoms with Crippen molar-refractivity contribution in [2.24, 2.45) is 5.73 Å². The number of nitrogens with two attached hydrogens (primary N) is 1. The van der Waals surface area contributed by atoms with Crippen molar-refractivity contribution in [1.29, 1.82) is 0 Å². The minimum atomic E-state index is -0.658. The van der Waals surface area contributed by atoms with Gasteiger partial charge < -0.3 is 10.6 Å². The maximum Gasteiger partial charge on any atom is 0.247 e. The fourth-order valence-corrected chi connectivity index (χ4v) is 0.950. The Morgan fingerprint density at radius 3 is 2.55 bits per heavy atom. The number of hydrogen-bond acceptors (Lipinski definition) is 2. The highest BCUT2D eigenvalue weighted by Gasteiger charge is 2.31. The van der Waals surface area contributed by atoms with E-state index in [9.17, 15) is 4.79 Å². The molecular formula is C8H12N2O. The minimum absolute atomic E-state index is 0.333. The number of carbonyl (C=O) groups excluding carboxylic acids is 1. The van der Waals surface area contributed by atoms with E-state index in [-0.39, 0.29) is 5.91 Å². The van der Waals surface area contributed by atoms with Gasteiger partial charge in [-0.1, -0.05) is 6.08 Å². The van der Waals surface area contributed by atoms with E-state index in [0.29, 0.717) is 0 Å². The molecule has 0 aromatic carbocycles. The van der Waals surface area contributed by atoms with Crippen molar-refractivity contribution in [2.45, 2.75) is 12.5 Å². The summed E-state index contributed by atoms with van der Waals surface area (Å²) in [7, 11) is 1.82. The molecular weight excluding hydrogens is 140 g/mol. The average molecular weight is 152 g/mol. The molecule has 1 atom stereocenters. The lowest BCUT2D eigenvalue weighted by Crippen LogP contribution is -2.50. The van der Waals surface area contributed by atoms with Gasteiger partial charge in [0.25, 0.3) is 0 Å². The molecule has 11 heavy (non-hydrogen) atoms. The molecule has 3 nitrogen and oxygen atoms in total. The third-order valence-corrected chi connectivity index (χ3v) is 2.07. The Bertz CT molecular complexity index is 232. The van der Waals surface area contributed by atoms with Gasteiger partial charge in [0, 0.05) is 13.2 Å². The summed E-state index contributed by atoms with van der Waals surface area (Å²) in [5.74, 6) is -0.333. The molecule has 60 valence electrons. The van der Waals surface area contributed by atoms with Crippen LogP contribution in [0.4, 0.5) is 0 Å². The Morgan fingerprint density at radius 1 is 1.55 bits per heavy atom. The fourth-order valence-electron chi connectivity index (χ4n) is 0.950. The molecule has 0 bridgehead atoms. The van der Waals surface area contributed by atoms with Gasteiger partial charge in [0.15, 0.2) is 0 Å². The van der Waals surface area contributed by atoms with E-state index in [2.05, 4.69) is 0 Å². The summed E-state index contributed by atoms with van der Waals surface area (Å²) in [5, 5.41) is 0. The zero-order valence-electron chi connectivity index (χ0n) is 6.74. The summed E-state index contributed by atoms with van der Waals surface area (Å²) in [5.41, 5.74) is 4.57. The second-order valence-corrected chi connectivity index (χ2v) is 2.82. The van der Waals surface area contributed by atoms with Crippen LogP contribution in [0.1, 0.15) is 6.92 Å². The number of likely N-dealkylation sites (N-methyl/N-ethyl adjacent to an activating group) is 1. The zero-order valence-corrected chi connectivity index (χ0v) is 6.74. The smallest absolute Gasteiger partial charge is 0.247 e. The molecule has 0 saturated carbocycles. The third-order valence-electron chi connectivity index (χ3n) is 2.07. The lowest BCUT2D eigenvalue weighted by atomic mass is 9.97. The Kier molecular flexibility index (Phi) is 1.72. The van der Waals surface area contributed by atoms with Gasteiger partial charge in [-0.2, -0.15) is 0 Å². The second-order valence-electron chi connectivity index (χ2n) is 2.82. The summed E-state index contributed by atoms with van der Waals surface area (Å²) in [4.78, 5) is 12.8. The molecule has 0 radical (unpaired) electrons. The first-order chi connectivity index (χ1) is 5.07. The van der Waals surface area contributed by atoms with E-state index in [4.69, 9.17) is 5.73 Å². The normalized spacial score (nSPS) is 29.1. The number of hydrogen-bond donors (Lipinski definition) is 1. The van der Waals surface area contributed by atoms with E-state index < -0.39 is 5.54 Å². The third kappa shape index (κ3) is 1.13. The highest BCUT2D eigenvalue weighted by atomic mass is 16.1. The summed E-state index contributed by atoms with van der Waals surface area (Å²) in [6, 6.07) is 0. The van der Waals surface area contributed by atoms with Crippen LogP contribution in [-0.2, 0) is 4.79 Å².